The van der Waals surface area contributed by atoms with Gasteiger partial charge in [-0.15, -0.1) is 0 Å². The van der Waals surface area contributed by atoms with E-state index in [4.69, 9.17) is 28.4 Å². The van der Waals surface area contributed by atoms with Gasteiger partial charge < -0.3 is 28.4 Å². The molecule has 242 valence electrons. The molecule has 0 saturated carbocycles. The van der Waals surface area contributed by atoms with Gasteiger partial charge in [0.1, 0.15) is 18.1 Å². The van der Waals surface area contributed by atoms with Crippen LogP contribution in [0, 0.1) is 27.7 Å². The van der Waals surface area contributed by atoms with Gasteiger partial charge in [0, 0.05) is 23.7 Å². The molecule has 0 fully saturated rings. The van der Waals surface area contributed by atoms with E-state index < -0.39 is 30.4 Å². The van der Waals surface area contributed by atoms with Crippen LogP contribution in [0.1, 0.15) is 29.2 Å². The van der Waals surface area contributed by atoms with Crippen LogP contribution in [0.2, 0.25) is 0 Å². The Kier molecular flexibility index (Phi) is 16.5. The van der Waals surface area contributed by atoms with E-state index in [2.05, 4.69) is 37.4 Å². The quantitative estimate of drug-likeness (QED) is 0.0675. The first-order valence-corrected chi connectivity index (χ1v) is 17.2. The van der Waals surface area contributed by atoms with Crippen LogP contribution in [0.5, 0.6) is 11.5 Å². The minimum Gasteiger partial charge on any atom is -0.489 e. The number of thioether (sulfide) groups is 2. The number of hydrogen-bond acceptors (Lipinski definition) is 10. The first kappa shape index (κ1) is 37.3. The van der Waals surface area contributed by atoms with Crippen molar-refractivity contribution < 1.29 is 38.0 Å². The van der Waals surface area contributed by atoms with E-state index in [1.807, 2.05) is 40.2 Å². The summed E-state index contributed by atoms with van der Waals surface area (Å²) in [6, 6.07) is 8.27. The molecule has 0 heterocycles. The van der Waals surface area contributed by atoms with E-state index in [9.17, 15) is 9.59 Å². The van der Waals surface area contributed by atoms with Gasteiger partial charge in [-0.3, -0.25) is 0 Å². The molecule has 0 aliphatic heterocycles. The highest BCUT2D eigenvalue weighted by molar-refractivity contribution is 7.98. The van der Waals surface area contributed by atoms with Gasteiger partial charge in [0.2, 0.25) is 6.29 Å². The highest BCUT2D eigenvalue weighted by Crippen LogP contribution is 2.35. The lowest BCUT2D eigenvalue weighted by molar-refractivity contribution is -0.172. The summed E-state index contributed by atoms with van der Waals surface area (Å²) >= 11 is 3.34. The van der Waals surface area contributed by atoms with Crippen LogP contribution in [0.3, 0.4) is 0 Å². The average molecular weight is 647 g/mol. The largest absolute Gasteiger partial charge is 0.489 e. The number of esters is 2. The normalized spacial score (nSPS) is 13.0. The van der Waals surface area contributed by atoms with Gasteiger partial charge >= 0.3 is 11.9 Å². The van der Waals surface area contributed by atoms with Gasteiger partial charge in [0.05, 0.1) is 19.8 Å². The van der Waals surface area contributed by atoms with Gasteiger partial charge in [-0.2, -0.15) is 23.5 Å². The van der Waals surface area contributed by atoms with Gasteiger partial charge in [-0.25, -0.2) is 9.59 Å². The molecule has 0 amide bonds. The third kappa shape index (κ3) is 11.9. The number of carbonyl (C=O) groups excluding carboxylic acids is 2. The second kappa shape index (κ2) is 19.5. The molecular weight excluding hydrogens is 601 g/mol. The van der Waals surface area contributed by atoms with Crippen molar-refractivity contribution >= 4 is 35.5 Å². The molecular formula is C34H46O8S2. The van der Waals surface area contributed by atoms with Crippen LogP contribution in [-0.4, -0.2) is 80.9 Å². The van der Waals surface area contributed by atoms with Crippen LogP contribution in [-0.2, 0) is 28.5 Å². The standard InChI is InChI=1S/C34H46O8S2/c1-10-30(35)40-26(7)34(38-13-15-44-9)42-33-24(5)18-28(19-25(33)6)27-16-22(3)32(23(4)17-27)39-21-29(41-31(36)11-2)20-37-12-14-43-8/h10-11,16-19,26,29,34H,1-2,12-15,20-21H2,3-9H3. The Balaban J connectivity index is 2.25. The predicted molar refractivity (Wildman–Crippen MR) is 180 cm³/mol. The lowest BCUT2D eigenvalue weighted by atomic mass is 9.96. The van der Waals surface area contributed by atoms with Crippen molar-refractivity contribution in [2.45, 2.75) is 53.1 Å². The molecule has 0 spiro atoms. The van der Waals surface area contributed by atoms with Crippen molar-refractivity contribution in [3.05, 3.63) is 71.8 Å². The van der Waals surface area contributed by atoms with Crippen molar-refractivity contribution in [2.24, 2.45) is 0 Å². The first-order valence-electron chi connectivity index (χ1n) is 14.4. The van der Waals surface area contributed by atoms with Crippen LogP contribution in [0.25, 0.3) is 11.1 Å². The third-order valence-corrected chi connectivity index (χ3v) is 7.66. The van der Waals surface area contributed by atoms with Crippen molar-refractivity contribution in [1.82, 2.24) is 0 Å². The second-order valence-electron chi connectivity index (χ2n) is 10.2. The minimum absolute atomic E-state index is 0.158. The Hall–Kier alpha value is -2.92. The lowest BCUT2D eigenvalue weighted by Gasteiger charge is -2.26. The highest BCUT2D eigenvalue weighted by Gasteiger charge is 2.25. The SMILES string of the molecule is C=CC(=O)OC(COCCSC)COc1c(C)cc(-c2cc(C)c(OC(OCCSC)C(C)OC(=O)C=C)c(C)c2)cc1C. The van der Waals surface area contributed by atoms with E-state index in [0.29, 0.717) is 19.0 Å². The number of rotatable bonds is 20. The molecule has 10 heteroatoms. The lowest BCUT2D eigenvalue weighted by Crippen LogP contribution is -2.36. The van der Waals surface area contributed by atoms with Crippen LogP contribution in [0.4, 0.5) is 0 Å². The van der Waals surface area contributed by atoms with Gasteiger partial charge in [0.15, 0.2) is 12.2 Å². The zero-order valence-electron chi connectivity index (χ0n) is 26.9. The molecule has 0 aromatic heterocycles. The Morgan fingerprint density at radius 3 is 1.80 bits per heavy atom. The molecule has 0 aliphatic rings. The number of benzene rings is 2. The molecule has 3 atom stereocenters. The summed E-state index contributed by atoms with van der Waals surface area (Å²) in [5.74, 6) is 2.00. The predicted octanol–water partition coefficient (Wildman–Crippen LogP) is 6.65. The third-order valence-electron chi connectivity index (χ3n) is 6.51. The maximum Gasteiger partial charge on any atom is 0.330 e. The van der Waals surface area contributed by atoms with E-state index in [1.54, 1.807) is 30.4 Å². The van der Waals surface area contributed by atoms with Crippen LogP contribution < -0.4 is 9.47 Å². The molecule has 2 aromatic carbocycles. The van der Waals surface area contributed by atoms with Crippen molar-refractivity contribution in [2.75, 3.05) is 50.4 Å². The van der Waals surface area contributed by atoms with Crippen molar-refractivity contribution in [3.63, 3.8) is 0 Å². The van der Waals surface area contributed by atoms with E-state index in [0.717, 1.165) is 62.8 Å². The molecule has 0 saturated heterocycles. The van der Waals surface area contributed by atoms with Gasteiger partial charge in [-0.1, -0.05) is 13.2 Å². The Morgan fingerprint density at radius 1 is 0.773 bits per heavy atom. The maximum atomic E-state index is 11.8. The number of hydrogen-bond donors (Lipinski definition) is 0. The molecule has 8 nitrogen and oxygen atoms in total. The number of aryl methyl sites for hydroxylation is 4. The molecule has 0 aliphatic carbocycles. The zero-order valence-corrected chi connectivity index (χ0v) is 28.6. The van der Waals surface area contributed by atoms with Gasteiger partial charge in [-0.05, 0) is 105 Å². The van der Waals surface area contributed by atoms with E-state index in [1.165, 1.54) is 0 Å². The summed E-state index contributed by atoms with van der Waals surface area (Å²) in [5, 5.41) is 0. The molecule has 0 N–H and O–H groups in total. The minimum atomic E-state index is -0.777. The van der Waals surface area contributed by atoms with Crippen LogP contribution in [0.15, 0.2) is 49.6 Å². The Bertz CT molecular complexity index is 1220. The topological polar surface area (TPSA) is 89.5 Å². The fourth-order valence-corrected chi connectivity index (χ4v) is 4.97. The van der Waals surface area contributed by atoms with E-state index in [-0.39, 0.29) is 13.2 Å². The monoisotopic (exact) mass is 646 g/mol. The second-order valence-corrected chi connectivity index (χ2v) is 12.2. The summed E-state index contributed by atoms with van der Waals surface area (Å²) in [6.45, 7) is 18.0. The van der Waals surface area contributed by atoms with Crippen molar-refractivity contribution in [1.29, 1.82) is 0 Å². The van der Waals surface area contributed by atoms with Crippen molar-refractivity contribution in [3.8, 4) is 22.6 Å². The average Bonchev–Trinajstić information content (AvgIpc) is 2.99. The molecule has 0 radical (unpaired) electrons. The molecule has 0 bridgehead atoms. The number of ether oxygens (including phenoxy) is 6. The molecule has 3 unspecified atom stereocenters. The fraction of sp³-hybridized carbons (Fsp3) is 0.471. The summed E-state index contributed by atoms with van der Waals surface area (Å²) in [5.41, 5.74) is 5.80. The van der Waals surface area contributed by atoms with E-state index >= 15 is 0 Å². The smallest absolute Gasteiger partial charge is 0.330 e. The summed E-state index contributed by atoms with van der Waals surface area (Å²) < 4.78 is 34.9. The number of carbonyl (C=O) groups is 2. The highest BCUT2D eigenvalue weighted by atomic mass is 32.2. The summed E-state index contributed by atoms with van der Waals surface area (Å²) in [4.78, 5) is 23.7. The molecule has 44 heavy (non-hydrogen) atoms. The first-order chi connectivity index (χ1) is 21.0. The fourth-order valence-electron chi connectivity index (χ4n) is 4.43. The zero-order chi connectivity index (χ0) is 32.6. The maximum absolute atomic E-state index is 11.8. The Morgan fingerprint density at radius 2 is 1.27 bits per heavy atom. The van der Waals surface area contributed by atoms with Crippen LogP contribution >= 0.6 is 23.5 Å². The summed E-state index contributed by atoms with van der Waals surface area (Å²) in [7, 11) is 0. The molecule has 2 rings (SSSR count). The summed E-state index contributed by atoms with van der Waals surface area (Å²) in [6.07, 6.45) is 4.29. The molecule has 2 aromatic rings. The van der Waals surface area contributed by atoms with Gasteiger partial charge in [0.25, 0.3) is 0 Å². The Labute approximate surface area is 270 Å².